The number of likely N-dealkylation sites (tertiary alicyclic amines) is 2. The molecule has 4 saturated heterocycles. The fraction of sp³-hybridized carbons (Fsp3) is 0.950. The second kappa shape index (κ2) is 8.33. The Kier molecular flexibility index (Phi) is 6.04. The Morgan fingerprint density at radius 2 is 1.70 bits per heavy atom. The van der Waals surface area contributed by atoms with E-state index in [1.807, 2.05) is 4.90 Å². The third-order valence-corrected chi connectivity index (χ3v) is 6.49. The molecule has 0 aliphatic carbocycles. The van der Waals surface area contributed by atoms with Crippen molar-refractivity contribution in [3.05, 3.63) is 0 Å². The lowest BCUT2D eigenvalue weighted by Crippen LogP contribution is -2.53. The van der Waals surface area contributed by atoms with Crippen molar-refractivity contribution in [3.63, 3.8) is 0 Å². The van der Waals surface area contributed by atoms with E-state index in [0.717, 1.165) is 52.1 Å². The van der Waals surface area contributed by atoms with Crippen LogP contribution in [0.2, 0.25) is 0 Å². The molecule has 0 N–H and O–H groups in total. The van der Waals surface area contributed by atoms with Crippen molar-refractivity contribution in [1.29, 1.82) is 0 Å². The number of ether oxygens (including phenoxy) is 3. The minimum atomic E-state index is -0.406. The van der Waals surface area contributed by atoms with Gasteiger partial charge in [-0.05, 0) is 33.2 Å². The molecule has 7 nitrogen and oxygen atoms in total. The third kappa shape index (κ3) is 4.65. The zero-order valence-electron chi connectivity index (χ0n) is 16.9. The van der Waals surface area contributed by atoms with Gasteiger partial charge in [-0.3, -0.25) is 14.6 Å². The van der Waals surface area contributed by atoms with Gasteiger partial charge in [0.15, 0.2) is 5.79 Å². The maximum atomic E-state index is 12.9. The van der Waals surface area contributed by atoms with E-state index >= 15 is 0 Å². The number of morpholine rings is 1. The predicted molar refractivity (Wildman–Crippen MR) is 101 cm³/mol. The van der Waals surface area contributed by atoms with Crippen molar-refractivity contribution in [1.82, 2.24) is 14.7 Å². The molecule has 4 aliphatic rings. The summed E-state index contributed by atoms with van der Waals surface area (Å²) >= 11 is 0. The number of piperidine rings is 1. The number of carbonyl (C=O) groups is 1. The molecule has 0 aromatic rings. The summed E-state index contributed by atoms with van der Waals surface area (Å²) in [5.41, 5.74) is 0. The first kappa shape index (κ1) is 19.6. The average molecular weight is 382 g/mol. The smallest absolute Gasteiger partial charge is 0.236 e. The second-order valence-electron chi connectivity index (χ2n) is 8.73. The number of hydrogen-bond acceptors (Lipinski definition) is 6. The molecule has 7 heteroatoms. The topological polar surface area (TPSA) is 54.5 Å². The molecule has 3 atom stereocenters. The molecule has 1 spiro atoms. The van der Waals surface area contributed by atoms with Gasteiger partial charge >= 0.3 is 0 Å². The predicted octanol–water partition coefficient (Wildman–Crippen LogP) is 0.926. The van der Waals surface area contributed by atoms with Crippen LogP contribution in [-0.4, -0.2) is 104 Å². The van der Waals surface area contributed by atoms with Gasteiger partial charge in [0.1, 0.15) is 0 Å². The van der Waals surface area contributed by atoms with Crippen LogP contribution >= 0.6 is 0 Å². The molecule has 154 valence electrons. The number of amides is 1. The zero-order valence-corrected chi connectivity index (χ0v) is 16.9. The standard InChI is InChI=1S/C20H35N3O4/c1-16-12-21(13-17(2)27-16)14-18-4-3-7-23(18)15-19(24)22-8-5-20(6-9-22)25-10-11-26-20/h16-18H,3-15H2,1-2H3. The van der Waals surface area contributed by atoms with Gasteiger partial charge in [-0.1, -0.05) is 0 Å². The van der Waals surface area contributed by atoms with E-state index in [1.165, 1.54) is 12.8 Å². The van der Waals surface area contributed by atoms with E-state index in [-0.39, 0.29) is 5.91 Å². The minimum absolute atomic E-state index is 0.262. The quantitative estimate of drug-likeness (QED) is 0.722. The van der Waals surface area contributed by atoms with E-state index in [2.05, 4.69) is 23.6 Å². The van der Waals surface area contributed by atoms with Crippen LogP contribution in [0.4, 0.5) is 0 Å². The van der Waals surface area contributed by atoms with Crippen LogP contribution in [0.25, 0.3) is 0 Å². The molecule has 4 rings (SSSR count). The van der Waals surface area contributed by atoms with Crippen LogP contribution in [-0.2, 0) is 19.0 Å². The van der Waals surface area contributed by atoms with Gasteiger partial charge in [-0.25, -0.2) is 0 Å². The highest BCUT2D eigenvalue weighted by molar-refractivity contribution is 5.78. The maximum Gasteiger partial charge on any atom is 0.236 e. The van der Waals surface area contributed by atoms with Crippen LogP contribution in [0.5, 0.6) is 0 Å². The van der Waals surface area contributed by atoms with Gasteiger partial charge < -0.3 is 19.1 Å². The van der Waals surface area contributed by atoms with Gasteiger partial charge in [-0.15, -0.1) is 0 Å². The van der Waals surface area contributed by atoms with Crippen LogP contribution < -0.4 is 0 Å². The monoisotopic (exact) mass is 381 g/mol. The Morgan fingerprint density at radius 1 is 1.04 bits per heavy atom. The SMILES string of the molecule is CC1CN(CC2CCCN2CC(=O)N2CCC3(CC2)OCCO3)CC(C)O1. The Hall–Kier alpha value is -0.730. The molecule has 0 radical (unpaired) electrons. The molecule has 0 saturated carbocycles. The molecule has 3 unspecified atom stereocenters. The van der Waals surface area contributed by atoms with Gasteiger partial charge in [0, 0.05) is 51.6 Å². The fourth-order valence-corrected chi connectivity index (χ4v) is 5.20. The molecular weight excluding hydrogens is 346 g/mol. The molecule has 0 aromatic carbocycles. The summed E-state index contributed by atoms with van der Waals surface area (Å²) in [6, 6.07) is 0.490. The molecule has 0 bridgehead atoms. The highest BCUT2D eigenvalue weighted by Crippen LogP contribution is 2.31. The normalized spacial score (nSPS) is 35.2. The average Bonchev–Trinajstić information content (AvgIpc) is 3.25. The zero-order chi connectivity index (χ0) is 18.9. The molecule has 0 aromatic heterocycles. The Labute approximate surface area is 162 Å². The molecule has 4 heterocycles. The van der Waals surface area contributed by atoms with Crippen LogP contribution in [0.3, 0.4) is 0 Å². The number of rotatable bonds is 4. The highest BCUT2D eigenvalue weighted by Gasteiger charge is 2.41. The fourth-order valence-electron chi connectivity index (χ4n) is 5.20. The van der Waals surface area contributed by atoms with Gasteiger partial charge in [-0.2, -0.15) is 0 Å². The van der Waals surface area contributed by atoms with Crippen molar-refractivity contribution in [2.75, 3.05) is 59.0 Å². The van der Waals surface area contributed by atoms with Crippen LogP contribution in [0.15, 0.2) is 0 Å². The van der Waals surface area contributed by atoms with E-state index in [1.54, 1.807) is 0 Å². The second-order valence-corrected chi connectivity index (χ2v) is 8.73. The lowest BCUT2D eigenvalue weighted by molar-refractivity contribution is -0.187. The summed E-state index contributed by atoms with van der Waals surface area (Å²) in [5, 5.41) is 0. The van der Waals surface area contributed by atoms with E-state index in [0.29, 0.717) is 38.0 Å². The number of carbonyl (C=O) groups excluding carboxylic acids is 1. The lowest BCUT2D eigenvalue weighted by Gasteiger charge is -2.39. The van der Waals surface area contributed by atoms with Crippen molar-refractivity contribution in [2.45, 2.75) is 63.6 Å². The van der Waals surface area contributed by atoms with E-state index in [9.17, 15) is 4.79 Å². The molecule has 4 fully saturated rings. The molecule has 27 heavy (non-hydrogen) atoms. The van der Waals surface area contributed by atoms with E-state index < -0.39 is 5.79 Å². The summed E-state index contributed by atoms with van der Waals surface area (Å²) in [6.07, 6.45) is 4.57. The van der Waals surface area contributed by atoms with Crippen molar-refractivity contribution >= 4 is 5.91 Å². The molecule has 4 aliphatic heterocycles. The first-order valence-corrected chi connectivity index (χ1v) is 10.7. The lowest BCUT2D eigenvalue weighted by atomic mass is 10.0. The van der Waals surface area contributed by atoms with Crippen LogP contribution in [0, 0.1) is 0 Å². The number of hydrogen-bond donors (Lipinski definition) is 0. The third-order valence-electron chi connectivity index (χ3n) is 6.49. The Balaban J connectivity index is 1.26. The molecule has 1 amide bonds. The minimum Gasteiger partial charge on any atom is -0.373 e. The van der Waals surface area contributed by atoms with Crippen molar-refractivity contribution < 1.29 is 19.0 Å². The van der Waals surface area contributed by atoms with Gasteiger partial charge in [0.05, 0.1) is 32.0 Å². The molecular formula is C20H35N3O4. The van der Waals surface area contributed by atoms with Gasteiger partial charge in [0.25, 0.3) is 0 Å². The largest absolute Gasteiger partial charge is 0.373 e. The summed E-state index contributed by atoms with van der Waals surface area (Å²) < 4.78 is 17.4. The summed E-state index contributed by atoms with van der Waals surface area (Å²) in [5.74, 6) is -0.144. The summed E-state index contributed by atoms with van der Waals surface area (Å²) in [4.78, 5) is 19.8. The maximum absolute atomic E-state index is 12.9. The van der Waals surface area contributed by atoms with E-state index in [4.69, 9.17) is 14.2 Å². The first-order valence-electron chi connectivity index (χ1n) is 10.7. The van der Waals surface area contributed by atoms with Crippen LogP contribution in [0.1, 0.15) is 39.5 Å². The summed E-state index contributed by atoms with van der Waals surface area (Å²) in [7, 11) is 0. The van der Waals surface area contributed by atoms with Gasteiger partial charge in [0.2, 0.25) is 5.91 Å². The summed E-state index contributed by atoms with van der Waals surface area (Å²) in [6.45, 7) is 11.8. The highest BCUT2D eigenvalue weighted by atomic mass is 16.7. The number of nitrogens with zero attached hydrogens (tertiary/aromatic N) is 3. The Bertz CT molecular complexity index is 505. The first-order chi connectivity index (χ1) is 13.0. The van der Waals surface area contributed by atoms with Crippen molar-refractivity contribution in [2.24, 2.45) is 0 Å². The van der Waals surface area contributed by atoms with Crippen molar-refractivity contribution in [3.8, 4) is 0 Å². The Morgan fingerprint density at radius 3 is 2.37 bits per heavy atom.